The second kappa shape index (κ2) is 8.24. The zero-order valence-corrected chi connectivity index (χ0v) is 16.8. The SMILES string of the molecule is CN(C)S(=O)(=O)c1ccc(CCc2ncc(C(=O)O)c(N3CCCC3)n2)cc1. The lowest BCUT2D eigenvalue weighted by molar-refractivity contribution is 0.0696. The summed E-state index contributed by atoms with van der Waals surface area (Å²) in [7, 11) is -0.443. The largest absolute Gasteiger partial charge is 0.477 e. The van der Waals surface area contributed by atoms with Crippen molar-refractivity contribution >= 4 is 21.8 Å². The molecule has 0 saturated carbocycles. The van der Waals surface area contributed by atoms with E-state index in [1.165, 1.54) is 24.6 Å². The fourth-order valence-corrected chi connectivity index (χ4v) is 4.05. The zero-order chi connectivity index (χ0) is 20.3. The number of rotatable bonds is 7. The van der Waals surface area contributed by atoms with E-state index in [9.17, 15) is 18.3 Å². The van der Waals surface area contributed by atoms with Crippen molar-refractivity contribution in [2.24, 2.45) is 0 Å². The predicted octanol–water partition coefficient (Wildman–Crippen LogP) is 1.81. The van der Waals surface area contributed by atoms with Crippen LogP contribution in [0.5, 0.6) is 0 Å². The predicted molar refractivity (Wildman–Crippen MR) is 105 cm³/mol. The monoisotopic (exact) mass is 404 g/mol. The van der Waals surface area contributed by atoms with Crippen molar-refractivity contribution < 1.29 is 18.3 Å². The summed E-state index contributed by atoms with van der Waals surface area (Å²) in [6, 6.07) is 6.75. The summed E-state index contributed by atoms with van der Waals surface area (Å²) in [4.78, 5) is 22.4. The van der Waals surface area contributed by atoms with Crippen LogP contribution in [-0.2, 0) is 22.9 Å². The minimum atomic E-state index is -3.44. The van der Waals surface area contributed by atoms with Crippen molar-refractivity contribution in [3.63, 3.8) is 0 Å². The van der Waals surface area contributed by atoms with Crippen LogP contribution in [0.4, 0.5) is 5.82 Å². The molecule has 8 nitrogen and oxygen atoms in total. The number of aromatic nitrogens is 2. The lowest BCUT2D eigenvalue weighted by atomic mass is 10.1. The number of aryl methyl sites for hydroxylation is 2. The number of sulfonamides is 1. The molecule has 1 aromatic heterocycles. The Labute approximate surface area is 164 Å². The number of carbonyl (C=O) groups is 1. The number of nitrogens with zero attached hydrogens (tertiary/aromatic N) is 4. The van der Waals surface area contributed by atoms with E-state index in [1.54, 1.807) is 24.3 Å². The maximum absolute atomic E-state index is 12.1. The molecule has 2 aromatic rings. The van der Waals surface area contributed by atoms with Crippen LogP contribution in [-0.4, -0.2) is 61.0 Å². The van der Waals surface area contributed by atoms with Crippen LogP contribution in [0.2, 0.25) is 0 Å². The van der Waals surface area contributed by atoms with Gasteiger partial charge in [-0.1, -0.05) is 12.1 Å². The maximum Gasteiger partial charge on any atom is 0.341 e. The van der Waals surface area contributed by atoms with Crippen LogP contribution < -0.4 is 4.90 Å². The van der Waals surface area contributed by atoms with Crippen molar-refractivity contribution in [2.45, 2.75) is 30.6 Å². The van der Waals surface area contributed by atoms with Crippen LogP contribution in [0, 0.1) is 0 Å². The summed E-state index contributed by atoms with van der Waals surface area (Å²) in [5.41, 5.74) is 1.09. The Morgan fingerprint density at radius 2 is 1.79 bits per heavy atom. The fraction of sp³-hybridized carbons (Fsp3) is 0.421. The van der Waals surface area contributed by atoms with E-state index in [0.29, 0.717) is 24.5 Å². The third-order valence-corrected chi connectivity index (χ3v) is 6.62. The van der Waals surface area contributed by atoms with Crippen LogP contribution in [0.25, 0.3) is 0 Å². The molecular formula is C19H24N4O4S. The topological polar surface area (TPSA) is 104 Å². The van der Waals surface area contributed by atoms with E-state index in [0.717, 1.165) is 31.5 Å². The van der Waals surface area contributed by atoms with Crippen molar-refractivity contribution in [1.29, 1.82) is 0 Å². The Morgan fingerprint density at radius 3 is 2.36 bits per heavy atom. The van der Waals surface area contributed by atoms with Gasteiger partial charge in [0, 0.05) is 39.8 Å². The first-order valence-electron chi connectivity index (χ1n) is 9.14. The number of carboxylic acids is 1. The van der Waals surface area contributed by atoms with Gasteiger partial charge in [0.2, 0.25) is 10.0 Å². The van der Waals surface area contributed by atoms with E-state index < -0.39 is 16.0 Å². The summed E-state index contributed by atoms with van der Waals surface area (Å²) in [5, 5.41) is 9.40. The summed E-state index contributed by atoms with van der Waals surface area (Å²) in [5.74, 6) is 0.0467. The molecule has 0 aliphatic carbocycles. The third kappa shape index (κ3) is 4.31. The Bertz CT molecular complexity index is 952. The summed E-state index contributed by atoms with van der Waals surface area (Å²) in [6.07, 6.45) is 4.61. The van der Waals surface area contributed by atoms with Crippen LogP contribution in [0.3, 0.4) is 0 Å². The molecule has 0 unspecified atom stereocenters. The van der Waals surface area contributed by atoms with E-state index in [2.05, 4.69) is 9.97 Å². The smallest absolute Gasteiger partial charge is 0.341 e. The second-order valence-corrected chi connectivity index (χ2v) is 9.11. The second-order valence-electron chi connectivity index (χ2n) is 6.95. The average Bonchev–Trinajstić information content (AvgIpc) is 3.21. The standard InChI is InChI=1S/C19H24N4O4S/c1-22(2)28(26,27)15-8-5-14(6-9-15)7-10-17-20-13-16(19(24)25)18(21-17)23-11-3-4-12-23/h5-6,8-9,13H,3-4,7,10-12H2,1-2H3,(H,24,25). The molecule has 28 heavy (non-hydrogen) atoms. The van der Waals surface area contributed by atoms with Gasteiger partial charge >= 0.3 is 5.97 Å². The van der Waals surface area contributed by atoms with Gasteiger partial charge in [0.15, 0.2) is 0 Å². The fourth-order valence-electron chi connectivity index (χ4n) is 3.14. The number of carboxylic acid groups (broad SMARTS) is 1. The minimum Gasteiger partial charge on any atom is -0.477 e. The van der Waals surface area contributed by atoms with Crippen molar-refractivity contribution in [2.75, 3.05) is 32.1 Å². The minimum absolute atomic E-state index is 0.129. The van der Waals surface area contributed by atoms with Crippen molar-refractivity contribution in [3.05, 3.63) is 47.4 Å². The van der Waals surface area contributed by atoms with Crippen LogP contribution in [0.15, 0.2) is 35.4 Å². The molecule has 0 spiro atoms. The number of benzene rings is 1. The van der Waals surface area contributed by atoms with Gasteiger partial charge in [-0.05, 0) is 37.0 Å². The van der Waals surface area contributed by atoms with Gasteiger partial charge in [0.1, 0.15) is 17.2 Å². The van der Waals surface area contributed by atoms with E-state index >= 15 is 0 Å². The number of hydrogen-bond donors (Lipinski definition) is 1. The third-order valence-electron chi connectivity index (χ3n) is 4.79. The number of aromatic carboxylic acids is 1. The van der Waals surface area contributed by atoms with Crippen molar-refractivity contribution in [3.8, 4) is 0 Å². The first-order chi connectivity index (χ1) is 13.3. The van der Waals surface area contributed by atoms with Crippen molar-refractivity contribution in [1.82, 2.24) is 14.3 Å². The highest BCUT2D eigenvalue weighted by Gasteiger charge is 2.22. The molecule has 1 aliphatic heterocycles. The normalized spacial score (nSPS) is 14.6. The van der Waals surface area contributed by atoms with Gasteiger partial charge in [0.05, 0.1) is 4.90 Å². The number of anilines is 1. The molecule has 1 fully saturated rings. The molecular weight excluding hydrogens is 380 g/mol. The molecule has 0 bridgehead atoms. The molecule has 3 rings (SSSR count). The highest BCUT2D eigenvalue weighted by Crippen LogP contribution is 2.22. The van der Waals surface area contributed by atoms with E-state index in [-0.39, 0.29) is 10.5 Å². The Balaban J connectivity index is 1.74. The van der Waals surface area contributed by atoms with Gasteiger partial charge in [0.25, 0.3) is 0 Å². The molecule has 0 radical (unpaired) electrons. The Hall–Kier alpha value is -2.52. The molecule has 2 heterocycles. The molecule has 0 amide bonds. The molecule has 1 aromatic carbocycles. The first-order valence-corrected chi connectivity index (χ1v) is 10.6. The van der Waals surface area contributed by atoms with Gasteiger partial charge in [-0.3, -0.25) is 0 Å². The Morgan fingerprint density at radius 1 is 1.14 bits per heavy atom. The molecule has 1 aliphatic rings. The van der Waals surface area contributed by atoms with Gasteiger partial charge < -0.3 is 10.0 Å². The van der Waals surface area contributed by atoms with Gasteiger partial charge in [-0.25, -0.2) is 27.5 Å². The van der Waals surface area contributed by atoms with E-state index in [1.807, 2.05) is 4.90 Å². The van der Waals surface area contributed by atoms with Gasteiger partial charge in [-0.2, -0.15) is 0 Å². The first kappa shape index (κ1) is 20.2. The molecule has 1 saturated heterocycles. The molecule has 1 N–H and O–H groups in total. The highest BCUT2D eigenvalue weighted by molar-refractivity contribution is 7.89. The molecule has 0 atom stereocenters. The summed E-state index contributed by atoms with van der Waals surface area (Å²) >= 11 is 0. The summed E-state index contributed by atoms with van der Waals surface area (Å²) in [6.45, 7) is 1.61. The quantitative estimate of drug-likeness (QED) is 0.750. The van der Waals surface area contributed by atoms with Gasteiger partial charge in [-0.15, -0.1) is 0 Å². The van der Waals surface area contributed by atoms with Crippen LogP contribution in [0.1, 0.15) is 34.6 Å². The molecule has 9 heteroatoms. The highest BCUT2D eigenvalue weighted by atomic mass is 32.2. The summed E-state index contributed by atoms with van der Waals surface area (Å²) < 4.78 is 25.4. The maximum atomic E-state index is 12.1. The van der Waals surface area contributed by atoms with E-state index in [4.69, 9.17) is 0 Å². The number of hydrogen-bond acceptors (Lipinski definition) is 6. The molecule has 150 valence electrons. The Kier molecular flexibility index (Phi) is 5.95. The average molecular weight is 404 g/mol. The lowest BCUT2D eigenvalue weighted by Crippen LogP contribution is -2.23. The zero-order valence-electron chi connectivity index (χ0n) is 16.0. The lowest BCUT2D eigenvalue weighted by Gasteiger charge is -2.18. The van der Waals surface area contributed by atoms with Crippen LogP contribution >= 0.6 is 0 Å².